The molecule has 4 aromatic rings. The summed E-state index contributed by atoms with van der Waals surface area (Å²) in [5.74, 6) is 2.29. The summed E-state index contributed by atoms with van der Waals surface area (Å²) in [7, 11) is -3.61. The minimum atomic E-state index is -3.61. The van der Waals surface area contributed by atoms with Crippen LogP contribution in [0, 0.1) is 6.92 Å². The Bertz CT molecular complexity index is 1460. The van der Waals surface area contributed by atoms with E-state index in [9.17, 15) is 8.42 Å². The number of unbranched alkanes of at least 4 members (excludes halogenated alkanes) is 1. The predicted octanol–water partition coefficient (Wildman–Crippen LogP) is 5.00. The van der Waals surface area contributed by atoms with Gasteiger partial charge in [0.1, 0.15) is 5.58 Å². The van der Waals surface area contributed by atoms with Crippen molar-refractivity contribution in [1.29, 1.82) is 0 Å². The van der Waals surface area contributed by atoms with E-state index < -0.39 is 10.0 Å². The molecule has 0 radical (unpaired) electrons. The normalized spacial score (nSPS) is 13.3. The molecule has 34 heavy (non-hydrogen) atoms. The average Bonchev–Trinajstić information content (AvgIpc) is 3.57. The molecule has 5 rings (SSSR count). The molecule has 9 nitrogen and oxygen atoms in total. The summed E-state index contributed by atoms with van der Waals surface area (Å²) in [6.07, 6.45) is 1.74. The minimum absolute atomic E-state index is 0.181. The van der Waals surface area contributed by atoms with Crippen LogP contribution in [0.5, 0.6) is 11.5 Å². The molecule has 178 valence electrons. The third-order valence-electron chi connectivity index (χ3n) is 5.91. The topological polar surface area (TPSA) is 108 Å². The van der Waals surface area contributed by atoms with Gasteiger partial charge < -0.3 is 18.4 Å². The first-order chi connectivity index (χ1) is 16.4. The van der Waals surface area contributed by atoms with Crippen molar-refractivity contribution in [3.63, 3.8) is 0 Å². The fraction of sp³-hybridized carbons (Fsp3) is 0.333. The molecule has 1 aliphatic rings. The number of hydrogen-bond acceptors (Lipinski definition) is 8. The van der Waals surface area contributed by atoms with Gasteiger partial charge in [0, 0.05) is 29.6 Å². The number of fused-ring (bicyclic) bond motifs is 2. The summed E-state index contributed by atoms with van der Waals surface area (Å²) in [6, 6.07) is 10.3. The maximum atomic E-state index is 13.2. The molecule has 2 aromatic heterocycles. The molecule has 10 heteroatoms. The van der Waals surface area contributed by atoms with Crippen LogP contribution in [0.3, 0.4) is 0 Å². The Labute approximate surface area is 197 Å². The van der Waals surface area contributed by atoms with Crippen LogP contribution in [0.2, 0.25) is 0 Å². The van der Waals surface area contributed by atoms with E-state index in [2.05, 4.69) is 10.1 Å². The number of furan rings is 1. The number of rotatable bonds is 8. The van der Waals surface area contributed by atoms with E-state index in [1.807, 2.05) is 26.8 Å². The Hall–Kier alpha value is -3.37. The van der Waals surface area contributed by atoms with E-state index in [4.69, 9.17) is 18.4 Å². The van der Waals surface area contributed by atoms with Crippen molar-refractivity contribution in [2.75, 3.05) is 19.9 Å². The van der Waals surface area contributed by atoms with Gasteiger partial charge in [-0.3, -0.25) is 0 Å². The van der Waals surface area contributed by atoms with Gasteiger partial charge in [0.05, 0.1) is 4.90 Å². The summed E-state index contributed by atoms with van der Waals surface area (Å²) in [4.78, 5) is 4.72. The van der Waals surface area contributed by atoms with Gasteiger partial charge in [-0.05, 0) is 49.7 Å². The maximum Gasteiger partial charge on any atom is 0.294 e. The smallest absolute Gasteiger partial charge is 0.294 e. The van der Waals surface area contributed by atoms with E-state index in [-0.39, 0.29) is 17.6 Å². The van der Waals surface area contributed by atoms with Crippen molar-refractivity contribution in [2.45, 2.75) is 38.5 Å². The van der Waals surface area contributed by atoms with Crippen molar-refractivity contribution in [1.82, 2.24) is 14.4 Å². The largest absolute Gasteiger partial charge is 0.454 e. The maximum absolute atomic E-state index is 13.2. The van der Waals surface area contributed by atoms with Gasteiger partial charge in [0.2, 0.25) is 22.6 Å². The van der Waals surface area contributed by atoms with Gasteiger partial charge in [0.25, 0.3) is 5.89 Å². The van der Waals surface area contributed by atoms with Gasteiger partial charge in [-0.25, -0.2) is 8.42 Å². The van der Waals surface area contributed by atoms with Gasteiger partial charge in [-0.15, -0.1) is 0 Å². The molecular weight excluding hydrogens is 458 g/mol. The molecule has 0 unspecified atom stereocenters. The highest BCUT2D eigenvalue weighted by Gasteiger charge is 2.25. The number of benzene rings is 2. The molecule has 0 N–H and O–H groups in total. The Morgan fingerprint density at radius 1 is 1.06 bits per heavy atom. The number of hydrogen-bond donors (Lipinski definition) is 0. The summed E-state index contributed by atoms with van der Waals surface area (Å²) in [5, 5.41) is 4.76. The Morgan fingerprint density at radius 3 is 2.68 bits per heavy atom. The zero-order valence-corrected chi connectivity index (χ0v) is 20.0. The van der Waals surface area contributed by atoms with Crippen molar-refractivity contribution >= 4 is 21.0 Å². The standard InChI is InChI=1S/C24H25N3O6S/c1-4-6-11-27(5-2)34(28,29)17-8-10-19-18(13-17)15(3)22(32-19)24-25-23(26-33-24)16-7-9-20-21(12-16)31-14-30-20/h7-10,12-13H,4-6,11,14H2,1-3H3. The number of aromatic nitrogens is 2. The summed E-state index contributed by atoms with van der Waals surface area (Å²) in [6.45, 7) is 6.82. The van der Waals surface area contributed by atoms with Crippen molar-refractivity contribution in [3.05, 3.63) is 42.0 Å². The van der Waals surface area contributed by atoms with E-state index in [0.29, 0.717) is 52.7 Å². The monoisotopic (exact) mass is 483 g/mol. The highest BCUT2D eigenvalue weighted by atomic mass is 32.2. The van der Waals surface area contributed by atoms with Crippen molar-refractivity contribution in [3.8, 4) is 34.5 Å². The summed E-state index contributed by atoms with van der Waals surface area (Å²) >= 11 is 0. The zero-order chi connectivity index (χ0) is 23.9. The lowest BCUT2D eigenvalue weighted by Gasteiger charge is -2.20. The van der Waals surface area contributed by atoms with Crippen LogP contribution in [0.25, 0.3) is 34.0 Å². The molecule has 0 saturated heterocycles. The van der Waals surface area contributed by atoms with Crippen LogP contribution in [-0.2, 0) is 10.0 Å². The Balaban J connectivity index is 1.49. The lowest BCUT2D eigenvalue weighted by atomic mass is 10.1. The first kappa shape index (κ1) is 22.4. The van der Waals surface area contributed by atoms with Gasteiger partial charge in [-0.1, -0.05) is 25.4 Å². The lowest BCUT2D eigenvalue weighted by molar-refractivity contribution is 0.174. The zero-order valence-electron chi connectivity index (χ0n) is 19.2. The second-order valence-corrected chi connectivity index (χ2v) is 9.99. The fourth-order valence-electron chi connectivity index (χ4n) is 3.96. The summed E-state index contributed by atoms with van der Waals surface area (Å²) in [5.41, 5.74) is 1.99. The second kappa shape index (κ2) is 8.77. The van der Waals surface area contributed by atoms with E-state index >= 15 is 0 Å². The molecule has 0 amide bonds. The van der Waals surface area contributed by atoms with E-state index in [1.165, 1.54) is 4.31 Å². The molecule has 3 heterocycles. The molecule has 2 aromatic carbocycles. The van der Waals surface area contributed by atoms with Crippen LogP contribution in [0.15, 0.2) is 50.2 Å². The first-order valence-electron chi connectivity index (χ1n) is 11.2. The Morgan fingerprint density at radius 2 is 1.88 bits per heavy atom. The van der Waals surface area contributed by atoms with E-state index in [1.54, 1.807) is 30.3 Å². The molecule has 0 aliphatic carbocycles. The highest BCUT2D eigenvalue weighted by Crippen LogP contribution is 2.37. The van der Waals surface area contributed by atoms with Crippen molar-refractivity contribution < 1.29 is 26.8 Å². The minimum Gasteiger partial charge on any atom is -0.454 e. The lowest BCUT2D eigenvalue weighted by Crippen LogP contribution is -2.31. The van der Waals surface area contributed by atoms with Crippen LogP contribution in [0.4, 0.5) is 0 Å². The van der Waals surface area contributed by atoms with Crippen LogP contribution in [-0.4, -0.2) is 42.7 Å². The SMILES string of the molecule is CCCCN(CC)S(=O)(=O)c1ccc2oc(-c3nc(-c4ccc5c(c4)OCO5)no3)c(C)c2c1. The fourth-order valence-corrected chi connectivity index (χ4v) is 5.48. The molecule has 0 bridgehead atoms. The highest BCUT2D eigenvalue weighted by molar-refractivity contribution is 7.89. The van der Waals surface area contributed by atoms with Crippen molar-refractivity contribution in [2.24, 2.45) is 0 Å². The third kappa shape index (κ3) is 3.82. The number of nitrogens with zero attached hydrogens (tertiary/aromatic N) is 3. The van der Waals surface area contributed by atoms with Gasteiger partial charge in [-0.2, -0.15) is 9.29 Å². The Kier molecular flexibility index (Phi) is 5.78. The van der Waals surface area contributed by atoms with Gasteiger partial charge in [0.15, 0.2) is 17.3 Å². The molecule has 0 saturated carbocycles. The number of ether oxygens (including phenoxy) is 2. The molecule has 0 fully saturated rings. The number of sulfonamides is 1. The molecule has 0 atom stereocenters. The van der Waals surface area contributed by atoms with Gasteiger partial charge >= 0.3 is 0 Å². The number of aryl methyl sites for hydroxylation is 1. The molecule has 1 aliphatic heterocycles. The second-order valence-electron chi connectivity index (χ2n) is 8.06. The molecule has 0 spiro atoms. The van der Waals surface area contributed by atoms with Crippen LogP contribution in [0.1, 0.15) is 32.3 Å². The van der Waals surface area contributed by atoms with Crippen LogP contribution < -0.4 is 9.47 Å². The van der Waals surface area contributed by atoms with E-state index in [0.717, 1.165) is 18.4 Å². The molecular formula is C24H25N3O6S. The average molecular weight is 484 g/mol. The summed E-state index contributed by atoms with van der Waals surface area (Å²) < 4.78 is 50.1. The van der Waals surface area contributed by atoms with Crippen LogP contribution >= 0.6 is 0 Å². The third-order valence-corrected chi connectivity index (χ3v) is 7.88. The first-order valence-corrected chi connectivity index (χ1v) is 12.6. The predicted molar refractivity (Wildman–Crippen MR) is 125 cm³/mol. The quantitative estimate of drug-likeness (QED) is 0.345.